The van der Waals surface area contributed by atoms with E-state index >= 15 is 0 Å². The smallest absolute Gasteiger partial charge is 0.340 e. The van der Waals surface area contributed by atoms with Crippen molar-refractivity contribution in [2.45, 2.75) is 6.92 Å². The quantitative estimate of drug-likeness (QED) is 0.380. The second-order valence-corrected chi connectivity index (χ2v) is 6.81. The van der Waals surface area contributed by atoms with Crippen LogP contribution in [-0.2, 0) is 9.53 Å². The molecule has 0 bridgehead atoms. The molecule has 1 heterocycles. The van der Waals surface area contributed by atoms with Crippen molar-refractivity contribution in [1.82, 2.24) is 0 Å². The Hall–Kier alpha value is -4.00. The van der Waals surface area contributed by atoms with E-state index < -0.39 is 18.5 Å². The van der Waals surface area contributed by atoms with Gasteiger partial charge in [-0.15, -0.1) is 0 Å². The van der Waals surface area contributed by atoms with Crippen LogP contribution in [0, 0.1) is 6.92 Å². The summed E-state index contributed by atoms with van der Waals surface area (Å²) in [5, 5.41) is 4.53. The lowest BCUT2D eigenvalue weighted by atomic mass is 10.1. The lowest BCUT2D eigenvalue weighted by molar-refractivity contribution is -0.119. The minimum absolute atomic E-state index is 0.226. The summed E-state index contributed by atoms with van der Waals surface area (Å²) < 4.78 is 16.4. The van der Waals surface area contributed by atoms with E-state index in [4.69, 9.17) is 19.6 Å². The maximum absolute atomic E-state index is 12.4. The Morgan fingerprint density at radius 2 is 1.83 bits per heavy atom. The molecule has 4 rings (SSSR count). The first kappa shape index (κ1) is 19.3. The lowest BCUT2D eigenvalue weighted by Gasteiger charge is -2.11. The predicted molar refractivity (Wildman–Crippen MR) is 115 cm³/mol. The molecule has 152 valence electrons. The highest BCUT2D eigenvalue weighted by Gasteiger charge is 2.17. The van der Waals surface area contributed by atoms with Gasteiger partial charge in [0.15, 0.2) is 6.61 Å². The Kier molecular flexibility index (Phi) is 5.02. The highest BCUT2D eigenvalue weighted by Crippen LogP contribution is 2.36. The standard InChI is InChI=1S/C23H20N2O5/c1-13-6-5-8-15(22(13)24)23(27)29-12-21(26)25-17-11-19-16(10-20(17)28-2)14-7-3-4-9-18(14)30-19/h3-11H,12,24H2,1-2H3,(H,25,26). The van der Waals surface area contributed by atoms with Gasteiger partial charge in [0.1, 0.15) is 16.9 Å². The molecular formula is C23H20N2O5. The van der Waals surface area contributed by atoms with Gasteiger partial charge in [-0.3, -0.25) is 4.79 Å². The first-order chi connectivity index (χ1) is 14.5. The highest BCUT2D eigenvalue weighted by atomic mass is 16.5. The topological polar surface area (TPSA) is 104 Å². The number of ether oxygens (including phenoxy) is 2. The third-order valence-corrected chi connectivity index (χ3v) is 4.85. The van der Waals surface area contributed by atoms with E-state index in [1.165, 1.54) is 7.11 Å². The zero-order chi connectivity index (χ0) is 21.3. The molecule has 7 nitrogen and oxygen atoms in total. The number of carbonyl (C=O) groups is 2. The van der Waals surface area contributed by atoms with Crippen LogP contribution in [0.15, 0.2) is 59.0 Å². The molecule has 0 unspecified atom stereocenters. The summed E-state index contributed by atoms with van der Waals surface area (Å²) in [7, 11) is 1.51. The van der Waals surface area contributed by atoms with Gasteiger partial charge in [0, 0.05) is 22.5 Å². The van der Waals surface area contributed by atoms with Crippen LogP contribution in [-0.4, -0.2) is 25.6 Å². The van der Waals surface area contributed by atoms with Gasteiger partial charge in [0.05, 0.1) is 18.4 Å². The fraction of sp³-hybridized carbons (Fsp3) is 0.130. The van der Waals surface area contributed by atoms with Gasteiger partial charge < -0.3 is 24.9 Å². The Morgan fingerprint density at radius 1 is 1.03 bits per heavy atom. The molecule has 0 aliphatic heterocycles. The maximum Gasteiger partial charge on any atom is 0.340 e. The number of nitrogen functional groups attached to an aromatic ring is 1. The molecule has 0 atom stereocenters. The third kappa shape index (κ3) is 3.53. The summed E-state index contributed by atoms with van der Waals surface area (Å²) >= 11 is 0. The van der Waals surface area contributed by atoms with Crippen molar-refractivity contribution in [1.29, 1.82) is 0 Å². The van der Waals surface area contributed by atoms with Gasteiger partial charge in [-0.1, -0.05) is 30.3 Å². The van der Waals surface area contributed by atoms with E-state index in [0.717, 1.165) is 21.9 Å². The zero-order valence-corrected chi connectivity index (χ0v) is 16.5. The molecule has 0 spiro atoms. The number of methoxy groups -OCH3 is 1. The average molecular weight is 404 g/mol. The van der Waals surface area contributed by atoms with E-state index in [2.05, 4.69) is 5.32 Å². The van der Waals surface area contributed by atoms with Crippen LogP contribution in [0.2, 0.25) is 0 Å². The number of anilines is 2. The maximum atomic E-state index is 12.4. The van der Waals surface area contributed by atoms with Gasteiger partial charge >= 0.3 is 5.97 Å². The summed E-state index contributed by atoms with van der Waals surface area (Å²) in [5.41, 5.74) is 8.99. The van der Waals surface area contributed by atoms with Gasteiger partial charge in [-0.25, -0.2) is 4.79 Å². The van der Waals surface area contributed by atoms with E-state index in [9.17, 15) is 9.59 Å². The Labute approximate surface area is 172 Å². The number of amides is 1. The number of hydrogen-bond acceptors (Lipinski definition) is 6. The zero-order valence-electron chi connectivity index (χ0n) is 16.5. The molecule has 7 heteroatoms. The number of esters is 1. The molecular weight excluding hydrogens is 384 g/mol. The van der Waals surface area contributed by atoms with Gasteiger partial charge in [-0.05, 0) is 30.7 Å². The summed E-state index contributed by atoms with van der Waals surface area (Å²) in [6, 6.07) is 16.2. The van der Waals surface area contributed by atoms with Crippen LogP contribution in [0.4, 0.5) is 11.4 Å². The lowest BCUT2D eigenvalue weighted by Crippen LogP contribution is -2.21. The Bertz CT molecular complexity index is 1280. The SMILES string of the molecule is COc1cc2c(cc1NC(=O)COC(=O)c1cccc(C)c1N)oc1ccccc12. The summed E-state index contributed by atoms with van der Waals surface area (Å²) in [6.07, 6.45) is 0. The van der Waals surface area contributed by atoms with Crippen LogP contribution in [0.25, 0.3) is 21.9 Å². The Balaban J connectivity index is 1.52. The summed E-state index contributed by atoms with van der Waals surface area (Å²) in [5.74, 6) is -0.703. The largest absolute Gasteiger partial charge is 0.495 e. The molecule has 0 saturated carbocycles. The minimum Gasteiger partial charge on any atom is -0.495 e. The van der Waals surface area contributed by atoms with Crippen molar-refractivity contribution >= 4 is 45.2 Å². The minimum atomic E-state index is -0.661. The molecule has 0 aliphatic rings. The van der Waals surface area contributed by atoms with Crippen LogP contribution in [0.5, 0.6) is 5.75 Å². The average Bonchev–Trinajstić information content (AvgIpc) is 3.10. The van der Waals surface area contributed by atoms with Crippen LogP contribution < -0.4 is 15.8 Å². The first-order valence-electron chi connectivity index (χ1n) is 9.29. The van der Waals surface area contributed by atoms with E-state index in [1.807, 2.05) is 24.3 Å². The van der Waals surface area contributed by atoms with Crippen LogP contribution >= 0.6 is 0 Å². The monoisotopic (exact) mass is 404 g/mol. The van der Waals surface area contributed by atoms with Crippen LogP contribution in [0.1, 0.15) is 15.9 Å². The number of hydrogen-bond donors (Lipinski definition) is 2. The van der Waals surface area contributed by atoms with Crippen molar-refractivity contribution in [2.24, 2.45) is 0 Å². The number of para-hydroxylation sites is 2. The van der Waals surface area contributed by atoms with Crippen molar-refractivity contribution in [3.05, 3.63) is 65.7 Å². The third-order valence-electron chi connectivity index (χ3n) is 4.85. The Morgan fingerprint density at radius 3 is 2.63 bits per heavy atom. The summed E-state index contributed by atoms with van der Waals surface area (Å²) in [6.45, 7) is 1.33. The van der Waals surface area contributed by atoms with E-state index in [0.29, 0.717) is 22.7 Å². The van der Waals surface area contributed by atoms with Crippen LogP contribution in [0.3, 0.4) is 0 Å². The number of carbonyl (C=O) groups excluding carboxylic acids is 2. The predicted octanol–water partition coefficient (Wildman–Crippen LogP) is 4.28. The van der Waals surface area contributed by atoms with E-state index in [1.54, 1.807) is 37.3 Å². The molecule has 0 saturated heterocycles. The molecule has 0 fully saturated rings. The summed E-state index contributed by atoms with van der Waals surface area (Å²) in [4.78, 5) is 24.6. The fourth-order valence-electron chi connectivity index (χ4n) is 3.27. The van der Waals surface area contributed by atoms with Gasteiger partial charge in [0.2, 0.25) is 0 Å². The second-order valence-electron chi connectivity index (χ2n) is 6.81. The molecule has 4 aromatic rings. The number of fused-ring (bicyclic) bond motifs is 3. The van der Waals surface area contributed by atoms with Crippen molar-refractivity contribution in [2.75, 3.05) is 24.8 Å². The highest BCUT2D eigenvalue weighted by molar-refractivity contribution is 6.08. The molecule has 30 heavy (non-hydrogen) atoms. The van der Waals surface area contributed by atoms with Crippen molar-refractivity contribution < 1.29 is 23.5 Å². The number of rotatable bonds is 5. The number of nitrogens with two attached hydrogens (primary N) is 1. The fourth-order valence-corrected chi connectivity index (χ4v) is 3.27. The normalized spacial score (nSPS) is 10.9. The number of aryl methyl sites for hydroxylation is 1. The second kappa shape index (κ2) is 7.79. The first-order valence-corrected chi connectivity index (χ1v) is 9.29. The van der Waals surface area contributed by atoms with Crippen molar-refractivity contribution in [3.8, 4) is 5.75 Å². The molecule has 3 aromatic carbocycles. The molecule has 0 aliphatic carbocycles. The number of benzene rings is 3. The molecule has 3 N–H and O–H groups in total. The van der Waals surface area contributed by atoms with Gasteiger partial charge in [0.25, 0.3) is 5.91 Å². The number of furan rings is 1. The van der Waals surface area contributed by atoms with Crippen molar-refractivity contribution in [3.63, 3.8) is 0 Å². The molecule has 1 amide bonds. The van der Waals surface area contributed by atoms with Gasteiger partial charge in [-0.2, -0.15) is 0 Å². The number of nitrogens with one attached hydrogen (secondary N) is 1. The molecule has 1 aromatic heterocycles. The van der Waals surface area contributed by atoms with E-state index in [-0.39, 0.29) is 5.56 Å². The molecule has 0 radical (unpaired) electrons.